The summed E-state index contributed by atoms with van der Waals surface area (Å²) >= 11 is 0. The van der Waals surface area contributed by atoms with Gasteiger partial charge in [-0.1, -0.05) is 6.92 Å². The normalized spacial score (nSPS) is 22.1. The van der Waals surface area contributed by atoms with E-state index in [0.29, 0.717) is 6.42 Å². The highest BCUT2D eigenvalue weighted by molar-refractivity contribution is 5.75. The number of nitrogens with two attached hydrogens (primary N) is 1. The molecule has 1 rings (SSSR count). The quantitative estimate of drug-likeness (QED) is 0.754. The van der Waals surface area contributed by atoms with Crippen LogP contribution in [0, 0.1) is 5.41 Å². The van der Waals surface area contributed by atoms with Crippen molar-refractivity contribution in [2.24, 2.45) is 11.1 Å². The second kappa shape index (κ2) is 6.36. The topological polar surface area (TPSA) is 58.4 Å². The van der Waals surface area contributed by atoms with Crippen LogP contribution in [0.5, 0.6) is 0 Å². The highest BCUT2D eigenvalue weighted by atomic mass is 16.1. The zero-order valence-corrected chi connectivity index (χ0v) is 11.5. The average molecular weight is 241 g/mol. The van der Waals surface area contributed by atoms with E-state index < -0.39 is 0 Å². The first-order chi connectivity index (χ1) is 7.91. The van der Waals surface area contributed by atoms with Crippen LogP contribution in [-0.2, 0) is 4.79 Å². The molecule has 1 atom stereocenters. The predicted molar refractivity (Wildman–Crippen MR) is 70.7 cm³/mol. The second-order valence-electron chi connectivity index (χ2n) is 5.91. The van der Waals surface area contributed by atoms with Gasteiger partial charge in [-0.05, 0) is 51.7 Å². The molecule has 1 heterocycles. The Kier molecular flexibility index (Phi) is 5.40. The van der Waals surface area contributed by atoms with Crippen molar-refractivity contribution in [3.05, 3.63) is 0 Å². The summed E-state index contributed by atoms with van der Waals surface area (Å²) in [5.74, 6) is 0.141. The summed E-state index contributed by atoms with van der Waals surface area (Å²) in [5.41, 5.74) is 5.91. The Balaban J connectivity index is 2.23. The Hall–Kier alpha value is -0.610. The molecule has 1 aliphatic rings. The fourth-order valence-electron chi connectivity index (χ4n) is 2.09. The lowest BCUT2D eigenvalue weighted by Gasteiger charge is -2.38. The fraction of sp³-hybridized carbons (Fsp3) is 0.923. The van der Waals surface area contributed by atoms with Crippen molar-refractivity contribution in [1.82, 2.24) is 10.2 Å². The number of amides is 1. The SMILES string of the molecule is CC(N)CCC(=O)NCC1(C)CCN(C)CC1. The zero-order valence-electron chi connectivity index (χ0n) is 11.5. The number of hydrogen-bond acceptors (Lipinski definition) is 3. The molecule has 0 aromatic rings. The molecular formula is C13H27N3O. The van der Waals surface area contributed by atoms with E-state index in [2.05, 4.69) is 24.2 Å². The molecule has 17 heavy (non-hydrogen) atoms. The maximum absolute atomic E-state index is 11.6. The first-order valence-electron chi connectivity index (χ1n) is 6.62. The summed E-state index contributed by atoms with van der Waals surface area (Å²) in [7, 11) is 2.15. The van der Waals surface area contributed by atoms with Crippen LogP contribution in [0.15, 0.2) is 0 Å². The Morgan fingerprint density at radius 2 is 2.06 bits per heavy atom. The summed E-state index contributed by atoms with van der Waals surface area (Å²) in [6.45, 7) is 7.27. The number of likely N-dealkylation sites (tertiary alicyclic amines) is 1. The van der Waals surface area contributed by atoms with Crippen LogP contribution in [0.3, 0.4) is 0 Å². The molecule has 3 N–H and O–H groups in total. The van der Waals surface area contributed by atoms with Gasteiger partial charge in [0.1, 0.15) is 0 Å². The minimum atomic E-state index is 0.111. The van der Waals surface area contributed by atoms with Gasteiger partial charge < -0.3 is 16.0 Å². The van der Waals surface area contributed by atoms with Gasteiger partial charge in [-0.25, -0.2) is 0 Å². The number of piperidine rings is 1. The third-order valence-corrected chi connectivity index (χ3v) is 3.73. The van der Waals surface area contributed by atoms with E-state index in [1.807, 2.05) is 6.92 Å². The van der Waals surface area contributed by atoms with Crippen LogP contribution in [-0.4, -0.2) is 43.5 Å². The molecule has 0 aromatic carbocycles. The van der Waals surface area contributed by atoms with Crippen LogP contribution in [0.1, 0.15) is 39.5 Å². The Morgan fingerprint density at radius 1 is 1.47 bits per heavy atom. The molecule has 0 saturated carbocycles. The largest absolute Gasteiger partial charge is 0.356 e. The Labute approximate surface area is 105 Å². The van der Waals surface area contributed by atoms with E-state index in [9.17, 15) is 4.79 Å². The summed E-state index contributed by atoms with van der Waals surface area (Å²) in [6, 6.07) is 0.111. The van der Waals surface area contributed by atoms with Crippen molar-refractivity contribution in [2.75, 3.05) is 26.7 Å². The highest BCUT2D eigenvalue weighted by Gasteiger charge is 2.28. The summed E-state index contributed by atoms with van der Waals surface area (Å²) in [5, 5.41) is 3.05. The molecule has 4 nitrogen and oxygen atoms in total. The van der Waals surface area contributed by atoms with Gasteiger partial charge in [-0.2, -0.15) is 0 Å². The monoisotopic (exact) mass is 241 g/mol. The van der Waals surface area contributed by atoms with E-state index >= 15 is 0 Å². The molecule has 1 unspecified atom stereocenters. The van der Waals surface area contributed by atoms with E-state index in [1.54, 1.807) is 0 Å². The van der Waals surface area contributed by atoms with E-state index in [1.165, 1.54) is 0 Å². The average Bonchev–Trinajstić information content (AvgIpc) is 2.28. The first-order valence-corrected chi connectivity index (χ1v) is 6.62. The fourth-order valence-corrected chi connectivity index (χ4v) is 2.09. The second-order valence-corrected chi connectivity index (χ2v) is 5.91. The van der Waals surface area contributed by atoms with Crippen molar-refractivity contribution in [3.8, 4) is 0 Å². The number of nitrogens with zero attached hydrogens (tertiary/aromatic N) is 1. The molecule has 0 bridgehead atoms. The summed E-state index contributed by atoms with van der Waals surface area (Å²) in [6.07, 6.45) is 3.65. The molecule has 0 spiro atoms. The lowest BCUT2D eigenvalue weighted by atomic mass is 9.80. The molecule has 1 saturated heterocycles. The predicted octanol–water partition coefficient (Wildman–Crippen LogP) is 0.962. The van der Waals surface area contributed by atoms with Gasteiger partial charge in [0, 0.05) is 19.0 Å². The number of rotatable bonds is 5. The van der Waals surface area contributed by atoms with Gasteiger partial charge in [0.25, 0.3) is 0 Å². The minimum absolute atomic E-state index is 0.111. The molecule has 4 heteroatoms. The third-order valence-electron chi connectivity index (χ3n) is 3.73. The summed E-state index contributed by atoms with van der Waals surface area (Å²) in [4.78, 5) is 14.0. The van der Waals surface area contributed by atoms with Gasteiger partial charge in [-0.15, -0.1) is 0 Å². The number of carbonyl (C=O) groups excluding carboxylic acids is 1. The number of carbonyl (C=O) groups is 1. The Morgan fingerprint density at radius 3 is 2.59 bits per heavy atom. The molecule has 1 fully saturated rings. The van der Waals surface area contributed by atoms with Crippen molar-refractivity contribution < 1.29 is 4.79 Å². The standard InChI is InChI=1S/C13H27N3O/c1-11(14)4-5-12(17)15-10-13(2)6-8-16(3)9-7-13/h11H,4-10,14H2,1-3H3,(H,15,17). The third kappa shape index (κ3) is 5.50. The summed E-state index contributed by atoms with van der Waals surface area (Å²) < 4.78 is 0. The van der Waals surface area contributed by atoms with Gasteiger partial charge >= 0.3 is 0 Å². The van der Waals surface area contributed by atoms with Crippen LogP contribution >= 0.6 is 0 Å². The van der Waals surface area contributed by atoms with Gasteiger partial charge in [-0.3, -0.25) is 4.79 Å². The molecular weight excluding hydrogens is 214 g/mol. The smallest absolute Gasteiger partial charge is 0.220 e. The van der Waals surface area contributed by atoms with E-state index in [4.69, 9.17) is 5.73 Å². The van der Waals surface area contributed by atoms with Crippen molar-refractivity contribution in [2.45, 2.75) is 45.6 Å². The van der Waals surface area contributed by atoms with Crippen LogP contribution in [0.4, 0.5) is 0 Å². The van der Waals surface area contributed by atoms with Gasteiger partial charge in [0.05, 0.1) is 0 Å². The first kappa shape index (κ1) is 14.5. The lowest BCUT2D eigenvalue weighted by molar-refractivity contribution is -0.121. The molecule has 100 valence electrons. The van der Waals surface area contributed by atoms with Crippen molar-refractivity contribution in [3.63, 3.8) is 0 Å². The van der Waals surface area contributed by atoms with Crippen molar-refractivity contribution >= 4 is 5.91 Å². The lowest BCUT2D eigenvalue weighted by Crippen LogP contribution is -2.43. The minimum Gasteiger partial charge on any atom is -0.356 e. The van der Waals surface area contributed by atoms with Gasteiger partial charge in [0.2, 0.25) is 5.91 Å². The molecule has 1 amide bonds. The van der Waals surface area contributed by atoms with Gasteiger partial charge in [0.15, 0.2) is 0 Å². The number of nitrogens with one attached hydrogen (secondary N) is 1. The highest BCUT2D eigenvalue weighted by Crippen LogP contribution is 2.29. The maximum atomic E-state index is 11.6. The maximum Gasteiger partial charge on any atom is 0.220 e. The van der Waals surface area contributed by atoms with Crippen LogP contribution in [0.2, 0.25) is 0 Å². The van der Waals surface area contributed by atoms with E-state index in [0.717, 1.165) is 38.9 Å². The molecule has 0 aromatic heterocycles. The molecule has 0 radical (unpaired) electrons. The van der Waals surface area contributed by atoms with Crippen LogP contribution < -0.4 is 11.1 Å². The zero-order chi connectivity index (χ0) is 12.9. The number of hydrogen-bond donors (Lipinski definition) is 2. The van der Waals surface area contributed by atoms with Crippen LogP contribution in [0.25, 0.3) is 0 Å². The Bertz CT molecular complexity index is 245. The molecule has 1 aliphatic heterocycles. The molecule has 0 aliphatic carbocycles. The van der Waals surface area contributed by atoms with E-state index in [-0.39, 0.29) is 17.4 Å². The van der Waals surface area contributed by atoms with Crippen molar-refractivity contribution in [1.29, 1.82) is 0 Å².